The van der Waals surface area contributed by atoms with E-state index in [1.165, 1.54) is 19.3 Å². The van der Waals surface area contributed by atoms with Crippen molar-refractivity contribution in [3.05, 3.63) is 0 Å². The first-order valence-electron chi connectivity index (χ1n) is 5.59. The van der Waals surface area contributed by atoms with Crippen LogP contribution in [0.2, 0.25) is 19.6 Å². The van der Waals surface area contributed by atoms with E-state index in [9.17, 15) is 0 Å². The first-order valence-corrected chi connectivity index (χ1v) is 8.99. The van der Waals surface area contributed by atoms with E-state index < -0.39 is 8.32 Å². The van der Waals surface area contributed by atoms with Gasteiger partial charge >= 0.3 is 0 Å². The zero-order valence-electron chi connectivity index (χ0n) is 9.29. The van der Waals surface area contributed by atoms with Gasteiger partial charge in [0.05, 0.1) is 18.1 Å². The minimum absolute atomic E-state index is 0.195. The average molecular weight is 209 g/mol. The van der Waals surface area contributed by atoms with Crippen molar-refractivity contribution in [2.24, 2.45) is 17.8 Å². The van der Waals surface area contributed by atoms with Gasteiger partial charge in [-0.2, -0.15) is 5.26 Å². The Morgan fingerprint density at radius 1 is 1.21 bits per heavy atom. The van der Waals surface area contributed by atoms with Crippen molar-refractivity contribution in [2.45, 2.75) is 45.0 Å². The summed E-state index contributed by atoms with van der Waals surface area (Å²) in [7, 11) is -1.47. The summed E-state index contributed by atoms with van der Waals surface area (Å²) < 4.78 is 6.15. The molecule has 0 aliphatic heterocycles. The maximum atomic E-state index is 9.14. The fraction of sp³-hybridized carbons (Fsp3) is 0.909. The minimum Gasteiger partial charge on any atom is -0.413 e. The molecule has 0 spiro atoms. The van der Waals surface area contributed by atoms with Crippen molar-refractivity contribution in [1.82, 2.24) is 0 Å². The van der Waals surface area contributed by atoms with Gasteiger partial charge in [0.1, 0.15) is 0 Å². The van der Waals surface area contributed by atoms with Crippen LogP contribution in [0.1, 0.15) is 19.3 Å². The Labute approximate surface area is 87.4 Å². The van der Waals surface area contributed by atoms with Crippen LogP contribution in [0, 0.1) is 29.1 Å². The summed E-state index contributed by atoms with van der Waals surface area (Å²) in [6.45, 7) is 6.65. The third-order valence-electron chi connectivity index (χ3n) is 3.48. The molecule has 0 aromatic heterocycles. The zero-order chi connectivity index (χ0) is 10.3. The molecule has 0 aromatic rings. The predicted molar refractivity (Wildman–Crippen MR) is 58.2 cm³/mol. The van der Waals surface area contributed by atoms with Crippen LogP contribution >= 0.6 is 0 Å². The molecular formula is C11H19NOSi. The van der Waals surface area contributed by atoms with E-state index in [-0.39, 0.29) is 12.0 Å². The quantitative estimate of drug-likeness (QED) is 0.655. The summed E-state index contributed by atoms with van der Waals surface area (Å²) in [5.74, 6) is 1.53. The summed E-state index contributed by atoms with van der Waals surface area (Å²) in [6.07, 6.45) is 4.06. The van der Waals surface area contributed by atoms with E-state index in [2.05, 4.69) is 25.7 Å². The molecule has 2 bridgehead atoms. The molecule has 4 atom stereocenters. The van der Waals surface area contributed by atoms with E-state index in [0.717, 1.165) is 0 Å². The summed E-state index contributed by atoms with van der Waals surface area (Å²) in [5, 5.41) is 9.14. The van der Waals surface area contributed by atoms with Gasteiger partial charge in [-0.15, -0.1) is 0 Å². The van der Waals surface area contributed by atoms with E-state index in [4.69, 9.17) is 9.69 Å². The van der Waals surface area contributed by atoms with E-state index in [1.54, 1.807) is 0 Å². The maximum Gasteiger partial charge on any atom is 0.184 e. The zero-order valence-corrected chi connectivity index (χ0v) is 10.3. The Bertz CT molecular complexity index is 265. The normalized spacial score (nSPS) is 41.3. The van der Waals surface area contributed by atoms with Crippen molar-refractivity contribution in [3.63, 3.8) is 0 Å². The average Bonchev–Trinajstić information content (AvgIpc) is 2.60. The molecule has 0 aromatic carbocycles. The molecule has 0 saturated heterocycles. The molecule has 0 amide bonds. The van der Waals surface area contributed by atoms with Gasteiger partial charge in [-0.1, -0.05) is 0 Å². The first-order chi connectivity index (χ1) is 6.51. The van der Waals surface area contributed by atoms with Crippen molar-refractivity contribution >= 4 is 8.32 Å². The second-order valence-electron chi connectivity index (χ2n) is 5.68. The fourth-order valence-corrected chi connectivity index (χ4v) is 4.15. The monoisotopic (exact) mass is 209 g/mol. The summed E-state index contributed by atoms with van der Waals surface area (Å²) in [4.78, 5) is 0. The molecule has 0 N–H and O–H groups in total. The standard InChI is InChI=1S/C11H19NOSi/c1-14(2,3)13-11-9-5-4-8(6-9)10(11)7-12/h8-11H,4-6H2,1-3H3/t8-,9+,10+,11-/m1/s1. The SMILES string of the molecule is C[Si](C)(C)O[C@@H]1[C@H]2CC[C@H](C2)[C@@H]1C#N. The molecule has 2 nitrogen and oxygen atoms in total. The Morgan fingerprint density at radius 2 is 1.86 bits per heavy atom. The third-order valence-corrected chi connectivity index (χ3v) is 4.46. The second kappa shape index (κ2) is 3.36. The summed E-state index contributed by atoms with van der Waals surface area (Å²) in [5.41, 5.74) is 0. The lowest BCUT2D eigenvalue weighted by atomic mass is 9.88. The highest BCUT2D eigenvalue weighted by Gasteiger charge is 2.49. The van der Waals surface area contributed by atoms with Gasteiger partial charge in [0.2, 0.25) is 0 Å². The molecule has 2 aliphatic carbocycles. The van der Waals surface area contributed by atoms with Gasteiger partial charge in [-0.3, -0.25) is 0 Å². The minimum atomic E-state index is -1.47. The number of nitriles is 1. The summed E-state index contributed by atoms with van der Waals surface area (Å²) >= 11 is 0. The van der Waals surface area contributed by atoms with Crippen LogP contribution < -0.4 is 0 Å². The van der Waals surface area contributed by atoms with Crippen LogP contribution in [-0.2, 0) is 4.43 Å². The van der Waals surface area contributed by atoms with Crippen molar-refractivity contribution in [3.8, 4) is 6.07 Å². The second-order valence-corrected chi connectivity index (χ2v) is 10.1. The smallest absolute Gasteiger partial charge is 0.184 e. The van der Waals surface area contributed by atoms with Gasteiger partial charge in [-0.25, -0.2) is 0 Å². The number of hydrogen-bond donors (Lipinski definition) is 0. The molecule has 2 fully saturated rings. The number of nitrogens with zero attached hydrogens (tertiary/aromatic N) is 1. The van der Waals surface area contributed by atoms with Gasteiger partial charge in [0.25, 0.3) is 0 Å². The largest absolute Gasteiger partial charge is 0.413 e. The van der Waals surface area contributed by atoms with Crippen LogP contribution in [0.5, 0.6) is 0 Å². The Balaban J connectivity index is 2.08. The number of fused-ring (bicyclic) bond motifs is 2. The number of rotatable bonds is 2. The Hall–Kier alpha value is -0.333. The van der Waals surface area contributed by atoms with Crippen LogP contribution in [0.25, 0.3) is 0 Å². The van der Waals surface area contributed by atoms with Gasteiger partial charge in [0.15, 0.2) is 8.32 Å². The Morgan fingerprint density at radius 3 is 2.43 bits per heavy atom. The van der Waals surface area contributed by atoms with Crippen LogP contribution in [0.3, 0.4) is 0 Å². The lowest BCUT2D eigenvalue weighted by Crippen LogP contribution is -2.39. The van der Waals surface area contributed by atoms with E-state index in [0.29, 0.717) is 11.8 Å². The lowest BCUT2D eigenvalue weighted by molar-refractivity contribution is 0.100. The highest BCUT2D eigenvalue weighted by molar-refractivity contribution is 6.69. The topological polar surface area (TPSA) is 33.0 Å². The first kappa shape index (κ1) is 10.2. The lowest BCUT2D eigenvalue weighted by Gasteiger charge is -2.32. The number of hydrogen-bond acceptors (Lipinski definition) is 2. The molecule has 0 unspecified atom stereocenters. The van der Waals surface area contributed by atoms with Gasteiger partial charge in [0, 0.05) is 0 Å². The fourth-order valence-electron chi connectivity index (χ4n) is 3.00. The molecule has 2 rings (SSSR count). The van der Waals surface area contributed by atoms with E-state index in [1.807, 2.05) is 0 Å². The molecular weight excluding hydrogens is 190 g/mol. The molecule has 0 radical (unpaired) electrons. The van der Waals surface area contributed by atoms with Gasteiger partial charge < -0.3 is 4.43 Å². The third kappa shape index (κ3) is 1.73. The van der Waals surface area contributed by atoms with Crippen LogP contribution in [0.4, 0.5) is 0 Å². The molecule has 3 heteroatoms. The molecule has 2 aliphatic rings. The van der Waals surface area contributed by atoms with Crippen molar-refractivity contribution < 1.29 is 4.43 Å². The van der Waals surface area contributed by atoms with Crippen LogP contribution in [0.15, 0.2) is 0 Å². The van der Waals surface area contributed by atoms with Crippen molar-refractivity contribution in [1.29, 1.82) is 5.26 Å². The maximum absolute atomic E-state index is 9.14. The molecule has 2 saturated carbocycles. The highest BCUT2D eigenvalue weighted by atomic mass is 28.4. The summed E-state index contributed by atoms with van der Waals surface area (Å²) in [6, 6.07) is 2.47. The molecule has 0 heterocycles. The predicted octanol–water partition coefficient (Wildman–Crippen LogP) is 2.78. The van der Waals surface area contributed by atoms with E-state index >= 15 is 0 Å². The Kier molecular flexibility index (Phi) is 2.44. The van der Waals surface area contributed by atoms with Crippen molar-refractivity contribution in [2.75, 3.05) is 0 Å². The highest BCUT2D eigenvalue weighted by Crippen LogP contribution is 2.50. The molecule has 14 heavy (non-hydrogen) atoms. The molecule has 78 valence electrons. The van der Waals surface area contributed by atoms with Gasteiger partial charge in [-0.05, 0) is 50.7 Å². The van der Waals surface area contributed by atoms with Crippen LogP contribution in [-0.4, -0.2) is 14.4 Å².